The lowest BCUT2D eigenvalue weighted by Gasteiger charge is -2.35. The number of hydrogen-bond acceptors (Lipinski definition) is 5. The molecular weight excluding hydrogens is 360 g/mol. The van der Waals surface area contributed by atoms with Crippen LogP contribution >= 0.6 is 0 Å². The van der Waals surface area contributed by atoms with Gasteiger partial charge in [-0.15, -0.1) is 0 Å². The third kappa shape index (κ3) is 3.96. The number of rotatable bonds is 5. The molecule has 0 saturated carbocycles. The van der Waals surface area contributed by atoms with E-state index in [4.69, 9.17) is 4.98 Å². The molecule has 0 bridgehead atoms. The largest absolute Gasteiger partial charge is 0.353 e. The average Bonchev–Trinajstić information content (AvgIpc) is 2.79. The fourth-order valence-corrected chi connectivity index (χ4v) is 3.70. The van der Waals surface area contributed by atoms with Crippen molar-refractivity contribution >= 4 is 17.7 Å². The molecule has 3 aromatic rings. The van der Waals surface area contributed by atoms with Crippen molar-refractivity contribution in [3.05, 3.63) is 95.5 Å². The summed E-state index contributed by atoms with van der Waals surface area (Å²) in [6, 6.07) is 18.1. The maximum Gasteiger partial charge on any atom is 0.213 e. The van der Waals surface area contributed by atoms with Crippen LogP contribution in [0.4, 0.5) is 5.82 Å². The van der Waals surface area contributed by atoms with E-state index < -0.39 is 0 Å². The van der Waals surface area contributed by atoms with Crippen molar-refractivity contribution in [1.29, 1.82) is 0 Å². The lowest BCUT2D eigenvalue weighted by molar-refractivity contribution is 0.103. The van der Waals surface area contributed by atoms with Crippen molar-refractivity contribution in [1.82, 2.24) is 15.3 Å². The Hall–Kier alpha value is -3.31. The maximum absolute atomic E-state index is 13.2. The minimum atomic E-state index is -0.123. The SMILES string of the molecule is C=Cc1ccc(N2CCN[C@H](c3ccccc3)C2)nc1C(=O)c1cccnc1C.[HH].[HH]. The molecule has 150 valence electrons. The molecule has 0 amide bonds. The summed E-state index contributed by atoms with van der Waals surface area (Å²) in [5.41, 5.74) is 3.68. The molecule has 1 atom stereocenters. The lowest BCUT2D eigenvalue weighted by atomic mass is 10.0. The van der Waals surface area contributed by atoms with Crippen LogP contribution in [-0.2, 0) is 0 Å². The predicted octanol–water partition coefficient (Wildman–Crippen LogP) is 4.30. The molecular formula is C24H28N4O. The van der Waals surface area contributed by atoms with Crippen LogP contribution < -0.4 is 10.2 Å². The second kappa shape index (κ2) is 8.37. The molecule has 0 aliphatic carbocycles. The minimum Gasteiger partial charge on any atom is -0.353 e. The molecule has 4 rings (SSSR count). The monoisotopic (exact) mass is 388 g/mol. The van der Waals surface area contributed by atoms with Crippen LogP contribution in [0.15, 0.2) is 67.4 Å². The van der Waals surface area contributed by atoms with E-state index in [1.807, 2.05) is 25.1 Å². The summed E-state index contributed by atoms with van der Waals surface area (Å²) in [5, 5.41) is 3.57. The average molecular weight is 389 g/mol. The van der Waals surface area contributed by atoms with Gasteiger partial charge < -0.3 is 10.2 Å². The highest BCUT2D eigenvalue weighted by Crippen LogP contribution is 2.24. The Bertz CT molecular complexity index is 1040. The molecule has 29 heavy (non-hydrogen) atoms. The molecule has 2 aromatic heterocycles. The highest BCUT2D eigenvalue weighted by molar-refractivity contribution is 6.10. The molecule has 1 saturated heterocycles. The summed E-state index contributed by atoms with van der Waals surface area (Å²) in [5.74, 6) is 0.685. The maximum atomic E-state index is 13.2. The van der Waals surface area contributed by atoms with Crippen LogP contribution in [0.3, 0.4) is 0 Å². The lowest BCUT2D eigenvalue weighted by Crippen LogP contribution is -2.46. The van der Waals surface area contributed by atoms with E-state index in [-0.39, 0.29) is 14.7 Å². The van der Waals surface area contributed by atoms with Crippen molar-refractivity contribution in [2.24, 2.45) is 0 Å². The Balaban J connectivity index is 0.00000171. The van der Waals surface area contributed by atoms with Gasteiger partial charge in [0.1, 0.15) is 11.5 Å². The van der Waals surface area contributed by atoms with Gasteiger partial charge in [0.25, 0.3) is 0 Å². The highest BCUT2D eigenvalue weighted by Gasteiger charge is 2.24. The number of benzene rings is 1. The Morgan fingerprint density at radius 3 is 2.79 bits per heavy atom. The van der Waals surface area contributed by atoms with Crippen LogP contribution in [0.1, 0.15) is 41.8 Å². The normalized spacial score (nSPS) is 16.4. The van der Waals surface area contributed by atoms with Crippen LogP contribution in [-0.4, -0.2) is 35.4 Å². The molecule has 1 aliphatic rings. The molecule has 1 aromatic carbocycles. The number of aromatic nitrogens is 2. The predicted molar refractivity (Wildman–Crippen MR) is 120 cm³/mol. The molecule has 0 unspecified atom stereocenters. The molecule has 5 nitrogen and oxygen atoms in total. The van der Waals surface area contributed by atoms with Crippen LogP contribution in [0.5, 0.6) is 0 Å². The standard InChI is InChI=1S/C24H24N4O.2H2/c1-3-18-11-12-22(27-23(18)24(29)20-10-7-13-25-17(20)2)28-15-14-26-21(16-28)19-8-5-4-6-9-19;;/h3-13,21,26H,1,14-16H2,2H3;2*1H/t21-;;/m0../s1. The van der Waals surface area contributed by atoms with Gasteiger partial charge in [0, 0.05) is 51.5 Å². The van der Waals surface area contributed by atoms with Crippen molar-refractivity contribution in [3.63, 3.8) is 0 Å². The van der Waals surface area contributed by atoms with Crippen molar-refractivity contribution < 1.29 is 7.65 Å². The number of hydrogen-bond donors (Lipinski definition) is 1. The highest BCUT2D eigenvalue weighted by atomic mass is 16.1. The first kappa shape index (κ1) is 19.0. The van der Waals surface area contributed by atoms with E-state index >= 15 is 0 Å². The fourth-order valence-electron chi connectivity index (χ4n) is 3.70. The number of pyridine rings is 2. The fraction of sp³-hybridized carbons (Fsp3) is 0.208. The molecule has 5 heteroatoms. The van der Waals surface area contributed by atoms with Crippen molar-refractivity contribution in [2.75, 3.05) is 24.5 Å². The number of nitrogens with zero attached hydrogens (tertiary/aromatic N) is 3. The summed E-state index contributed by atoms with van der Waals surface area (Å²) in [6.45, 7) is 8.18. The third-order valence-electron chi connectivity index (χ3n) is 5.30. The van der Waals surface area contributed by atoms with Gasteiger partial charge in [-0.05, 0) is 36.8 Å². The second-order valence-corrected chi connectivity index (χ2v) is 7.14. The Kier molecular flexibility index (Phi) is 5.49. The Labute approximate surface area is 174 Å². The molecule has 1 N–H and O–H groups in total. The van der Waals surface area contributed by atoms with E-state index in [2.05, 4.69) is 46.0 Å². The van der Waals surface area contributed by atoms with Gasteiger partial charge >= 0.3 is 0 Å². The summed E-state index contributed by atoms with van der Waals surface area (Å²) in [4.78, 5) is 24.4. The van der Waals surface area contributed by atoms with Crippen LogP contribution in [0.2, 0.25) is 0 Å². The number of anilines is 1. The number of piperazine rings is 1. The Morgan fingerprint density at radius 1 is 1.21 bits per heavy atom. The van der Waals surface area contributed by atoms with Gasteiger partial charge in [-0.25, -0.2) is 4.98 Å². The first-order chi connectivity index (χ1) is 14.2. The molecule has 0 spiro atoms. The Morgan fingerprint density at radius 2 is 2.03 bits per heavy atom. The molecule has 1 fully saturated rings. The third-order valence-corrected chi connectivity index (χ3v) is 5.30. The van der Waals surface area contributed by atoms with Crippen LogP contribution in [0.25, 0.3) is 6.08 Å². The topological polar surface area (TPSA) is 58.1 Å². The van der Waals surface area contributed by atoms with E-state index in [1.165, 1.54) is 5.56 Å². The zero-order chi connectivity index (χ0) is 20.2. The van der Waals surface area contributed by atoms with Crippen molar-refractivity contribution in [2.45, 2.75) is 13.0 Å². The van der Waals surface area contributed by atoms with Crippen LogP contribution in [0, 0.1) is 6.92 Å². The summed E-state index contributed by atoms with van der Waals surface area (Å²) < 4.78 is 0. The molecule has 0 radical (unpaired) electrons. The second-order valence-electron chi connectivity index (χ2n) is 7.14. The van der Waals surface area contributed by atoms with E-state index in [0.29, 0.717) is 17.0 Å². The number of ketones is 1. The van der Waals surface area contributed by atoms with Gasteiger partial charge in [-0.1, -0.05) is 43.0 Å². The van der Waals surface area contributed by atoms with Gasteiger partial charge in [-0.3, -0.25) is 9.78 Å². The quantitative estimate of drug-likeness (QED) is 0.661. The smallest absolute Gasteiger partial charge is 0.213 e. The zero-order valence-electron chi connectivity index (χ0n) is 16.5. The van der Waals surface area contributed by atoms with E-state index in [9.17, 15) is 4.79 Å². The summed E-state index contributed by atoms with van der Waals surface area (Å²) >= 11 is 0. The first-order valence-electron chi connectivity index (χ1n) is 9.80. The first-order valence-corrected chi connectivity index (χ1v) is 9.80. The molecule has 3 heterocycles. The van der Waals surface area contributed by atoms with Gasteiger partial charge in [-0.2, -0.15) is 0 Å². The summed E-state index contributed by atoms with van der Waals surface area (Å²) in [7, 11) is 0. The minimum absolute atomic E-state index is 0. The molecule has 1 aliphatic heterocycles. The van der Waals surface area contributed by atoms with Gasteiger partial charge in [0.2, 0.25) is 5.78 Å². The summed E-state index contributed by atoms with van der Waals surface area (Å²) in [6.07, 6.45) is 3.37. The van der Waals surface area contributed by atoms with Gasteiger partial charge in [0.15, 0.2) is 0 Å². The van der Waals surface area contributed by atoms with E-state index in [1.54, 1.807) is 24.4 Å². The van der Waals surface area contributed by atoms with E-state index in [0.717, 1.165) is 31.0 Å². The van der Waals surface area contributed by atoms with Crippen molar-refractivity contribution in [3.8, 4) is 0 Å². The zero-order valence-corrected chi connectivity index (χ0v) is 16.5. The number of carbonyl (C=O) groups excluding carboxylic acids is 1. The van der Waals surface area contributed by atoms with Gasteiger partial charge in [0.05, 0.1) is 0 Å². The number of carbonyl (C=O) groups is 1. The number of aryl methyl sites for hydroxylation is 1. The number of nitrogens with one attached hydrogen (secondary N) is 1.